The van der Waals surface area contributed by atoms with Gasteiger partial charge in [0, 0.05) is 12.6 Å². The number of nitrogens with one attached hydrogen (secondary N) is 1. The Balaban J connectivity index is 2.15. The van der Waals surface area contributed by atoms with Gasteiger partial charge in [0.15, 0.2) is 0 Å². The molecule has 0 aliphatic rings. The number of carbonyl (C=O) groups excluding carboxylic acids is 1. The fourth-order valence-electron chi connectivity index (χ4n) is 2.31. The van der Waals surface area contributed by atoms with Crippen molar-refractivity contribution in [2.45, 2.75) is 13.0 Å². The van der Waals surface area contributed by atoms with Crippen molar-refractivity contribution in [3.8, 4) is 0 Å². The number of hydrogen-bond acceptors (Lipinski definition) is 5. The van der Waals surface area contributed by atoms with E-state index in [-0.39, 0.29) is 23.5 Å². The number of benzene rings is 2. The van der Waals surface area contributed by atoms with Crippen LogP contribution in [0.5, 0.6) is 0 Å². The Kier molecular flexibility index (Phi) is 4.92. The number of nitro groups is 1. The highest BCUT2D eigenvalue weighted by molar-refractivity contribution is 6.03. The van der Waals surface area contributed by atoms with Crippen molar-refractivity contribution in [2.24, 2.45) is 0 Å². The van der Waals surface area contributed by atoms with Crippen LogP contribution in [0.2, 0.25) is 0 Å². The number of carbonyl (C=O) groups is 1. The number of aliphatic hydroxyl groups is 1. The predicted octanol–water partition coefficient (Wildman–Crippen LogP) is 1.95. The average molecular weight is 315 g/mol. The maximum Gasteiger partial charge on any atom is 0.284 e. The minimum absolute atomic E-state index is 0.0158. The Morgan fingerprint density at radius 2 is 2.00 bits per heavy atom. The quantitative estimate of drug-likeness (QED) is 0.442. The van der Waals surface area contributed by atoms with Crippen LogP contribution in [0.4, 0.5) is 11.4 Å². The van der Waals surface area contributed by atoms with Crippen molar-refractivity contribution < 1.29 is 14.8 Å². The molecule has 23 heavy (non-hydrogen) atoms. The van der Waals surface area contributed by atoms with Gasteiger partial charge in [-0.1, -0.05) is 30.3 Å². The molecule has 120 valence electrons. The van der Waals surface area contributed by atoms with Crippen molar-refractivity contribution in [1.82, 2.24) is 5.32 Å². The highest BCUT2D eigenvalue weighted by Crippen LogP contribution is 2.24. The average Bonchev–Trinajstić information content (AvgIpc) is 2.52. The molecule has 7 heteroatoms. The number of hydrogen-bond donors (Lipinski definition) is 3. The van der Waals surface area contributed by atoms with Crippen LogP contribution in [0.1, 0.15) is 27.6 Å². The third-order valence-corrected chi connectivity index (χ3v) is 3.50. The first-order valence-electron chi connectivity index (χ1n) is 6.96. The summed E-state index contributed by atoms with van der Waals surface area (Å²) in [6, 6.07) is 11.3. The maximum absolute atomic E-state index is 12.2. The molecule has 1 unspecified atom stereocenters. The summed E-state index contributed by atoms with van der Waals surface area (Å²) < 4.78 is 0. The van der Waals surface area contributed by atoms with Gasteiger partial charge in [0.2, 0.25) is 0 Å². The molecule has 7 nitrogen and oxygen atoms in total. The molecule has 0 heterocycles. The van der Waals surface area contributed by atoms with Crippen LogP contribution in [0.3, 0.4) is 0 Å². The standard InChI is InChI=1S/C16H17N3O4/c1-10-5-2-3-6-11(10)14(20)9-18-16(21)15-12(17)7-4-8-13(15)19(22)23/h2-8,14,20H,9,17H2,1H3,(H,18,21). The summed E-state index contributed by atoms with van der Waals surface area (Å²) >= 11 is 0. The van der Waals surface area contributed by atoms with Crippen LogP contribution in [-0.2, 0) is 0 Å². The fraction of sp³-hybridized carbons (Fsp3) is 0.188. The molecule has 0 saturated carbocycles. The highest BCUT2D eigenvalue weighted by atomic mass is 16.6. The number of nitrogens with two attached hydrogens (primary N) is 1. The van der Waals surface area contributed by atoms with Crippen LogP contribution >= 0.6 is 0 Å². The van der Waals surface area contributed by atoms with E-state index in [9.17, 15) is 20.0 Å². The molecule has 0 aliphatic heterocycles. The minimum Gasteiger partial charge on any atom is -0.398 e. The van der Waals surface area contributed by atoms with Crippen LogP contribution < -0.4 is 11.1 Å². The second-order valence-corrected chi connectivity index (χ2v) is 5.08. The summed E-state index contributed by atoms with van der Waals surface area (Å²) in [5.41, 5.74) is 6.69. The monoisotopic (exact) mass is 315 g/mol. The molecule has 0 radical (unpaired) electrons. The molecule has 0 spiro atoms. The summed E-state index contributed by atoms with van der Waals surface area (Å²) in [5, 5.41) is 23.7. The number of amides is 1. The zero-order chi connectivity index (χ0) is 17.0. The van der Waals surface area contributed by atoms with E-state index in [1.807, 2.05) is 19.1 Å². The lowest BCUT2D eigenvalue weighted by molar-refractivity contribution is -0.385. The Labute approximate surface area is 132 Å². The van der Waals surface area contributed by atoms with Gasteiger partial charge in [0.1, 0.15) is 5.56 Å². The second-order valence-electron chi connectivity index (χ2n) is 5.08. The van der Waals surface area contributed by atoms with Crippen LogP contribution in [0, 0.1) is 17.0 Å². The topological polar surface area (TPSA) is 118 Å². The molecule has 2 aromatic rings. The van der Waals surface area contributed by atoms with E-state index in [1.54, 1.807) is 12.1 Å². The molecule has 2 rings (SSSR count). The zero-order valence-electron chi connectivity index (χ0n) is 12.5. The fourth-order valence-corrected chi connectivity index (χ4v) is 2.31. The van der Waals surface area contributed by atoms with Crippen LogP contribution in [0.25, 0.3) is 0 Å². The van der Waals surface area contributed by atoms with Crippen molar-refractivity contribution in [1.29, 1.82) is 0 Å². The van der Waals surface area contributed by atoms with E-state index < -0.39 is 16.9 Å². The molecular formula is C16H17N3O4. The van der Waals surface area contributed by atoms with E-state index in [2.05, 4.69) is 5.32 Å². The third kappa shape index (κ3) is 3.64. The Morgan fingerprint density at radius 1 is 1.30 bits per heavy atom. The van der Waals surface area contributed by atoms with E-state index in [0.717, 1.165) is 5.56 Å². The van der Waals surface area contributed by atoms with E-state index in [0.29, 0.717) is 5.56 Å². The molecule has 0 aliphatic carbocycles. The number of anilines is 1. The van der Waals surface area contributed by atoms with Gasteiger partial charge < -0.3 is 16.2 Å². The molecule has 0 fully saturated rings. The van der Waals surface area contributed by atoms with Gasteiger partial charge in [0.05, 0.1) is 16.7 Å². The van der Waals surface area contributed by atoms with Gasteiger partial charge in [-0.25, -0.2) is 0 Å². The normalized spacial score (nSPS) is 11.7. The third-order valence-electron chi connectivity index (χ3n) is 3.50. The summed E-state index contributed by atoms with van der Waals surface area (Å²) in [6.07, 6.45) is -0.913. The number of nitrogen functional groups attached to an aromatic ring is 1. The molecular weight excluding hydrogens is 298 g/mol. The first-order chi connectivity index (χ1) is 10.9. The van der Waals surface area contributed by atoms with Crippen molar-refractivity contribution >= 4 is 17.3 Å². The van der Waals surface area contributed by atoms with E-state index >= 15 is 0 Å². The second kappa shape index (κ2) is 6.89. The number of aryl methyl sites for hydroxylation is 1. The smallest absolute Gasteiger partial charge is 0.284 e. The number of nitrogens with zero attached hydrogens (tertiary/aromatic N) is 1. The molecule has 0 bridgehead atoms. The first-order valence-corrected chi connectivity index (χ1v) is 6.96. The van der Waals surface area contributed by atoms with Gasteiger partial charge in [-0.05, 0) is 24.1 Å². The molecule has 1 amide bonds. The molecule has 1 atom stereocenters. The largest absolute Gasteiger partial charge is 0.398 e. The highest BCUT2D eigenvalue weighted by Gasteiger charge is 2.23. The summed E-state index contributed by atoms with van der Waals surface area (Å²) in [7, 11) is 0. The summed E-state index contributed by atoms with van der Waals surface area (Å²) in [4.78, 5) is 22.5. The number of nitro benzene ring substituents is 1. The van der Waals surface area contributed by atoms with Gasteiger partial charge in [0.25, 0.3) is 11.6 Å². The lowest BCUT2D eigenvalue weighted by Crippen LogP contribution is -2.29. The minimum atomic E-state index is -0.913. The van der Waals surface area contributed by atoms with Gasteiger partial charge in [-0.3, -0.25) is 14.9 Å². The first kappa shape index (κ1) is 16.4. The van der Waals surface area contributed by atoms with Crippen molar-refractivity contribution in [3.05, 3.63) is 69.3 Å². The van der Waals surface area contributed by atoms with E-state index in [1.165, 1.54) is 18.2 Å². The maximum atomic E-state index is 12.2. The van der Waals surface area contributed by atoms with Crippen molar-refractivity contribution in [3.63, 3.8) is 0 Å². The molecule has 0 saturated heterocycles. The van der Waals surface area contributed by atoms with Crippen LogP contribution in [0.15, 0.2) is 42.5 Å². The van der Waals surface area contributed by atoms with Gasteiger partial charge >= 0.3 is 0 Å². The molecule has 2 aromatic carbocycles. The van der Waals surface area contributed by atoms with E-state index in [4.69, 9.17) is 5.73 Å². The molecule has 4 N–H and O–H groups in total. The number of rotatable bonds is 5. The molecule has 0 aromatic heterocycles. The Hall–Kier alpha value is -2.93. The summed E-state index contributed by atoms with van der Waals surface area (Å²) in [6.45, 7) is 1.77. The lowest BCUT2D eigenvalue weighted by Gasteiger charge is -2.15. The Bertz CT molecular complexity index is 746. The number of aliphatic hydroxyl groups excluding tert-OH is 1. The SMILES string of the molecule is Cc1ccccc1C(O)CNC(=O)c1c(N)cccc1[N+](=O)[O-]. The Morgan fingerprint density at radius 3 is 2.65 bits per heavy atom. The summed E-state index contributed by atoms with van der Waals surface area (Å²) in [5.74, 6) is -0.692. The zero-order valence-corrected chi connectivity index (χ0v) is 12.5. The lowest BCUT2D eigenvalue weighted by atomic mass is 10.0. The van der Waals surface area contributed by atoms with Gasteiger partial charge in [-0.15, -0.1) is 0 Å². The predicted molar refractivity (Wildman–Crippen MR) is 86.0 cm³/mol. The van der Waals surface area contributed by atoms with Crippen LogP contribution in [-0.4, -0.2) is 22.5 Å². The van der Waals surface area contributed by atoms with Crippen molar-refractivity contribution in [2.75, 3.05) is 12.3 Å². The van der Waals surface area contributed by atoms with Gasteiger partial charge in [-0.2, -0.15) is 0 Å².